The van der Waals surface area contributed by atoms with Crippen LogP contribution < -0.4 is 15.6 Å². The minimum Gasteiger partial charge on any atom is -0.489 e. The smallest absolute Gasteiger partial charge is 0.269 e. The normalized spacial score (nSPS) is 10.3. The number of carbonyl (C=O) groups excluding carboxylic acids is 2. The Balaban J connectivity index is 1.42. The van der Waals surface area contributed by atoms with Crippen molar-refractivity contribution >= 4 is 34.8 Å². The standard InChI is InChI=1S/C21H19ClN2O3S/c22-17-7-9-18(10-8-17)27-14-15-3-5-16(6-4-15)21(26)24-23-20(25)12-11-19-2-1-13-28-19/h1-10,13H,11-12,14H2,(H,23,25)(H,24,26). The van der Waals surface area contributed by atoms with Crippen LogP contribution >= 0.6 is 22.9 Å². The van der Waals surface area contributed by atoms with Crippen molar-refractivity contribution in [2.75, 3.05) is 0 Å². The highest BCUT2D eigenvalue weighted by atomic mass is 35.5. The van der Waals surface area contributed by atoms with Gasteiger partial charge in [0.1, 0.15) is 12.4 Å². The lowest BCUT2D eigenvalue weighted by atomic mass is 10.1. The van der Waals surface area contributed by atoms with E-state index < -0.39 is 0 Å². The molecule has 0 spiro atoms. The van der Waals surface area contributed by atoms with Gasteiger partial charge in [0, 0.05) is 21.9 Å². The minimum atomic E-state index is -0.366. The molecule has 1 aromatic heterocycles. The molecule has 0 aliphatic rings. The van der Waals surface area contributed by atoms with Crippen LogP contribution in [0.3, 0.4) is 0 Å². The number of halogens is 1. The number of hydrogen-bond donors (Lipinski definition) is 2. The second-order valence-corrected chi connectivity index (χ2v) is 7.49. The molecule has 0 saturated heterocycles. The molecule has 2 aromatic carbocycles. The van der Waals surface area contributed by atoms with Crippen molar-refractivity contribution in [1.82, 2.24) is 10.9 Å². The molecular weight excluding hydrogens is 396 g/mol. The molecule has 0 aliphatic carbocycles. The van der Waals surface area contributed by atoms with E-state index in [-0.39, 0.29) is 11.8 Å². The number of thiophene rings is 1. The minimum absolute atomic E-state index is 0.227. The zero-order chi connectivity index (χ0) is 19.8. The van der Waals surface area contributed by atoms with Gasteiger partial charge in [0.15, 0.2) is 0 Å². The van der Waals surface area contributed by atoms with Crippen molar-refractivity contribution in [3.05, 3.63) is 87.1 Å². The first-order valence-electron chi connectivity index (χ1n) is 8.69. The molecule has 2 N–H and O–H groups in total. The fourth-order valence-corrected chi connectivity index (χ4v) is 3.24. The van der Waals surface area contributed by atoms with Gasteiger partial charge in [0.2, 0.25) is 5.91 Å². The summed E-state index contributed by atoms with van der Waals surface area (Å²) < 4.78 is 5.67. The van der Waals surface area contributed by atoms with Crippen LogP contribution in [-0.2, 0) is 17.8 Å². The highest BCUT2D eigenvalue weighted by molar-refractivity contribution is 7.09. The molecule has 0 unspecified atom stereocenters. The van der Waals surface area contributed by atoms with Crippen molar-refractivity contribution in [3.63, 3.8) is 0 Å². The number of benzene rings is 2. The van der Waals surface area contributed by atoms with Crippen molar-refractivity contribution in [1.29, 1.82) is 0 Å². The van der Waals surface area contributed by atoms with Crippen molar-refractivity contribution in [2.24, 2.45) is 0 Å². The first-order valence-corrected chi connectivity index (χ1v) is 9.95. The van der Waals surface area contributed by atoms with Gasteiger partial charge in [-0.3, -0.25) is 20.4 Å². The molecule has 2 amide bonds. The summed E-state index contributed by atoms with van der Waals surface area (Å²) in [4.78, 5) is 25.1. The van der Waals surface area contributed by atoms with Gasteiger partial charge in [0.05, 0.1) is 0 Å². The Bertz CT molecular complexity index is 910. The Labute approximate surface area is 172 Å². The zero-order valence-electron chi connectivity index (χ0n) is 15.0. The molecule has 0 fully saturated rings. The third-order valence-electron chi connectivity index (χ3n) is 3.93. The summed E-state index contributed by atoms with van der Waals surface area (Å²) >= 11 is 7.45. The van der Waals surface area contributed by atoms with Crippen LogP contribution in [0.4, 0.5) is 0 Å². The average Bonchev–Trinajstić information content (AvgIpc) is 3.24. The number of amides is 2. The van der Waals surface area contributed by atoms with Gasteiger partial charge in [-0.15, -0.1) is 11.3 Å². The van der Waals surface area contributed by atoms with E-state index in [1.165, 1.54) is 0 Å². The predicted octanol–water partition coefficient (Wildman–Crippen LogP) is 4.37. The van der Waals surface area contributed by atoms with Crippen molar-refractivity contribution in [2.45, 2.75) is 19.4 Å². The molecule has 28 heavy (non-hydrogen) atoms. The first kappa shape index (κ1) is 19.9. The number of rotatable bonds is 7. The van der Waals surface area contributed by atoms with Gasteiger partial charge in [-0.2, -0.15) is 0 Å². The fraction of sp³-hybridized carbons (Fsp3) is 0.143. The summed E-state index contributed by atoms with van der Waals surface area (Å²) in [7, 11) is 0. The van der Waals surface area contributed by atoms with E-state index in [0.717, 1.165) is 16.2 Å². The Morgan fingerprint density at radius 1 is 0.964 bits per heavy atom. The Hall–Kier alpha value is -2.83. The molecule has 1 heterocycles. The predicted molar refractivity (Wildman–Crippen MR) is 110 cm³/mol. The maximum absolute atomic E-state index is 12.1. The van der Waals surface area contributed by atoms with E-state index in [1.807, 2.05) is 29.6 Å². The number of hydrogen-bond acceptors (Lipinski definition) is 4. The number of nitrogens with one attached hydrogen (secondary N) is 2. The van der Waals surface area contributed by atoms with Crippen LogP contribution in [0.5, 0.6) is 5.75 Å². The SMILES string of the molecule is O=C(CCc1cccs1)NNC(=O)c1ccc(COc2ccc(Cl)cc2)cc1. The largest absolute Gasteiger partial charge is 0.489 e. The number of carbonyl (C=O) groups is 2. The molecule has 144 valence electrons. The lowest BCUT2D eigenvalue weighted by Gasteiger charge is -2.09. The van der Waals surface area contributed by atoms with Gasteiger partial charge >= 0.3 is 0 Å². The molecule has 0 saturated carbocycles. The van der Waals surface area contributed by atoms with E-state index in [9.17, 15) is 9.59 Å². The summed E-state index contributed by atoms with van der Waals surface area (Å²) in [6.07, 6.45) is 0.976. The summed E-state index contributed by atoms with van der Waals surface area (Å²) in [5.74, 6) is 0.126. The topological polar surface area (TPSA) is 67.4 Å². The Kier molecular flexibility index (Phi) is 7.06. The second kappa shape index (κ2) is 9.92. The Morgan fingerprint density at radius 2 is 1.71 bits per heavy atom. The lowest BCUT2D eigenvalue weighted by molar-refractivity contribution is -0.121. The van der Waals surface area contributed by atoms with E-state index >= 15 is 0 Å². The summed E-state index contributed by atoms with van der Waals surface area (Å²) in [5, 5.41) is 2.63. The zero-order valence-corrected chi connectivity index (χ0v) is 16.6. The average molecular weight is 415 g/mol. The van der Waals surface area contributed by atoms with Gasteiger partial charge in [-0.05, 0) is 59.8 Å². The molecule has 0 aliphatic heterocycles. The quantitative estimate of drug-likeness (QED) is 0.564. The van der Waals surface area contributed by atoms with Crippen LogP contribution in [0, 0.1) is 0 Å². The van der Waals surface area contributed by atoms with Gasteiger partial charge in [0.25, 0.3) is 5.91 Å². The number of ether oxygens (including phenoxy) is 1. The lowest BCUT2D eigenvalue weighted by Crippen LogP contribution is -2.41. The van der Waals surface area contributed by atoms with Gasteiger partial charge in [-0.25, -0.2) is 0 Å². The van der Waals surface area contributed by atoms with Gasteiger partial charge < -0.3 is 4.74 Å². The van der Waals surface area contributed by atoms with E-state index in [4.69, 9.17) is 16.3 Å². The molecule has 3 rings (SSSR count). The van der Waals surface area contributed by atoms with Crippen LogP contribution in [0.2, 0.25) is 5.02 Å². The first-order chi connectivity index (χ1) is 13.6. The second-order valence-electron chi connectivity index (χ2n) is 6.02. The van der Waals surface area contributed by atoms with E-state index in [2.05, 4.69) is 10.9 Å². The molecule has 7 heteroatoms. The fourth-order valence-electron chi connectivity index (χ4n) is 2.40. The van der Waals surface area contributed by atoms with Crippen LogP contribution in [-0.4, -0.2) is 11.8 Å². The van der Waals surface area contributed by atoms with E-state index in [0.29, 0.717) is 30.0 Å². The van der Waals surface area contributed by atoms with Crippen LogP contribution in [0.1, 0.15) is 27.2 Å². The van der Waals surface area contributed by atoms with Crippen molar-refractivity contribution < 1.29 is 14.3 Å². The summed E-state index contributed by atoms with van der Waals surface area (Å²) in [5.41, 5.74) is 6.25. The number of hydrazine groups is 1. The monoisotopic (exact) mass is 414 g/mol. The summed E-state index contributed by atoms with van der Waals surface area (Å²) in [6.45, 7) is 0.378. The molecule has 5 nitrogen and oxygen atoms in total. The van der Waals surface area contributed by atoms with Crippen molar-refractivity contribution in [3.8, 4) is 5.75 Å². The van der Waals surface area contributed by atoms with E-state index in [1.54, 1.807) is 47.7 Å². The molecule has 3 aromatic rings. The van der Waals surface area contributed by atoms with Crippen LogP contribution in [0.15, 0.2) is 66.0 Å². The van der Waals surface area contributed by atoms with Crippen LogP contribution in [0.25, 0.3) is 0 Å². The van der Waals surface area contributed by atoms with Gasteiger partial charge in [-0.1, -0.05) is 29.8 Å². The molecule has 0 bridgehead atoms. The maximum Gasteiger partial charge on any atom is 0.269 e. The highest BCUT2D eigenvalue weighted by Gasteiger charge is 2.08. The Morgan fingerprint density at radius 3 is 2.39 bits per heavy atom. The molecule has 0 radical (unpaired) electrons. The maximum atomic E-state index is 12.1. The third-order valence-corrected chi connectivity index (χ3v) is 5.12. The summed E-state index contributed by atoms with van der Waals surface area (Å²) in [6, 6.07) is 18.0. The number of aryl methyl sites for hydroxylation is 1. The molecular formula is C21H19ClN2O3S. The molecule has 0 atom stereocenters. The highest BCUT2D eigenvalue weighted by Crippen LogP contribution is 2.17. The third kappa shape index (κ3) is 6.11.